The van der Waals surface area contributed by atoms with Crippen LogP contribution in [0.5, 0.6) is 0 Å². The lowest BCUT2D eigenvalue weighted by atomic mass is 9.96. The third kappa shape index (κ3) is 6.21. The summed E-state index contributed by atoms with van der Waals surface area (Å²) in [6.45, 7) is 11.1. The van der Waals surface area contributed by atoms with E-state index >= 15 is 0 Å². The van der Waals surface area contributed by atoms with Crippen molar-refractivity contribution < 1.29 is 9.59 Å². The highest BCUT2D eigenvalue weighted by atomic mass is 35.5. The van der Waals surface area contributed by atoms with Crippen molar-refractivity contribution >= 4 is 28.2 Å². The van der Waals surface area contributed by atoms with E-state index in [0.29, 0.717) is 29.0 Å². The van der Waals surface area contributed by atoms with Gasteiger partial charge in [0.05, 0.1) is 11.1 Å². The summed E-state index contributed by atoms with van der Waals surface area (Å²) in [6, 6.07) is 7.48. The summed E-state index contributed by atoms with van der Waals surface area (Å²) in [5, 5.41) is 3.88. The maximum atomic E-state index is 12.8. The molecule has 0 amide bonds. The quantitative estimate of drug-likeness (QED) is 0.434. The number of carbonyl (C=O) groups is 2. The molecule has 3 nitrogen and oxygen atoms in total. The molecule has 0 radical (unpaired) electrons. The fraction of sp³-hybridized carbons (Fsp3) is 0.391. The highest BCUT2D eigenvalue weighted by Gasteiger charge is 2.21. The van der Waals surface area contributed by atoms with Crippen molar-refractivity contribution in [3.05, 3.63) is 64.4 Å². The summed E-state index contributed by atoms with van der Waals surface area (Å²) in [7, 11) is 0. The van der Waals surface area contributed by atoms with E-state index in [9.17, 15) is 9.59 Å². The van der Waals surface area contributed by atoms with E-state index < -0.39 is 6.04 Å². The number of hydrogen-bond donors (Lipinski definition) is 1. The molecule has 27 heavy (non-hydrogen) atoms. The molecule has 1 aromatic carbocycles. The van der Waals surface area contributed by atoms with Crippen molar-refractivity contribution in [1.29, 1.82) is 0 Å². The third-order valence-electron chi connectivity index (χ3n) is 4.73. The Labute approximate surface area is 168 Å². The zero-order valence-corrected chi connectivity index (χ0v) is 17.9. The molecule has 1 rings (SSSR count). The summed E-state index contributed by atoms with van der Waals surface area (Å²) >= 11 is 6.51. The second kappa shape index (κ2) is 10.9. The molecule has 0 fully saturated rings. The minimum atomic E-state index is -0.409. The van der Waals surface area contributed by atoms with Crippen LogP contribution in [0.2, 0.25) is 0 Å². The van der Waals surface area contributed by atoms with Crippen LogP contribution in [0.3, 0.4) is 0 Å². The van der Waals surface area contributed by atoms with Gasteiger partial charge in [-0.3, -0.25) is 9.59 Å². The van der Waals surface area contributed by atoms with Gasteiger partial charge in [-0.2, -0.15) is 0 Å². The molecule has 0 bridgehead atoms. The molecule has 0 aromatic heterocycles. The lowest BCUT2D eigenvalue weighted by molar-refractivity contribution is -0.119. The van der Waals surface area contributed by atoms with Crippen LogP contribution in [0, 0.1) is 6.92 Å². The van der Waals surface area contributed by atoms with E-state index in [4.69, 9.17) is 11.6 Å². The van der Waals surface area contributed by atoms with Gasteiger partial charge in [-0.1, -0.05) is 55.8 Å². The van der Waals surface area contributed by atoms with Crippen LogP contribution in [0.15, 0.2) is 53.3 Å². The van der Waals surface area contributed by atoms with Crippen molar-refractivity contribution in [2.75, 3.05) is 0 Å². The van der Waals surface area contributed by atoms with Gasteiger partial charge in [0.25, 0.3) is 0 Å². The van der Waals surface area contributed by atoms with E-state index in [2.05, 4.69) is 5.32 Å². The van der Waals surface area contributed by atoms with Gasteiger partial charge in [-0.15, -0.1) is 0 Å². The minimum absolute atomic E-state index is 0.00412. The van der Waals surface area contributed by atoms with Crippen LogP contribution in [-0.4, -0.2) is 17.6 Å². The van der Waals surface area contributed by atoms with Crippen molar-refractivity contribution in [1.82, 2.24) is 5.32 Å². The van der Waals surface area contributed by atoms with Gasteiger partial charge in [-0.25, -0.2) is 0 Å². The Morgan fingerprint density at radius 2 is 1.78 bits per heavy atom. The average Bonchev–Trinajstić information content (AvgIpc) is 2.68. The highest BCUT2D eigenvalue weighted by molar-refractivity contribution is 6.49. The van der Waals surface area contributed by atoms with Crippen molar-refractivity contribution in [3.8, 4) is 0 Å². The number of Topliss-reactive ketones (excluding diaryl/α,β-unsaturated/α-hetero) is 2. The van der Waals surface area contributed by atoms with Gasteiger partial charge in [0, 0.05) is 17.7 Å². The minimum Gasteiger partial charge on any atom is -0.375 e. The topological polar surface area (TPSA) is 46.2 Å². The molecular formula is C23H30ClNO2. The van der Waals surface area contributed by atoms with Crippen LogP contribution in [0.1, 0.15) is 58.6 Å². The molecule has 4 heteroatoms. The molecule has 0 saturated carbocycles. The van der Waals surface area contributed by atoms with Gasteiger partial charge >= 0.3 is 0 Å². The molecule has 146 valence electrons. The number of nitrogens with one attached hydrogen (secondary N) is 1. The first-order valence-corrected chi connectivity index (χ1v) is 9.75. The summed E-state index contributed by atoms with van der Waals surface area (Å²) in [4.78, 5) is 24.8. The van der Waals surface area contributed by atoms with Gasteiger partial charge in [-0.05, 0) is 56.9 Å². The molecule has 0 saturated heterocycles. The lowest BCUT2D eigenvalue weighted by Gasteiger charge is -2.19. The number of halogens is 1. The molecule has 1 N–H and O–H groups in total. The van der Waals surface area contributed by atoms with E-state index in [0.717, 1.165) is 16.8 Å². The Morgan fingerprint density at radius 1 is 1.15 bits per heavy atom. The Kier molecular flexibility index (Phi) is 9.23. The van der Waals surface area contributed by atoms with E-state index in [1.807, 2.05) is 57.2 Å². The maximum Gasteiger partial charge on any atom is 0.181 e. The Balaban J connectivity index is 3.07. The molecule has 1 unspecified atom stereocenters. The molecule has 0 aliphatic rings. The lowest BCUT2D eigenvalue weighted by Crippen LogP contribution is -2.36. The summed E-state index contributed by atoms with van der Waals surface area (Å²) in [5.74, 6) is -0.0546. The Bertz CT molecular complexity index is 787. The second-order valence-corrected chi connectivity index (χ2v) is 6.95. The highest BCUT2D eigenvalue weighted by Crippen LogP contribution is 2.24. The molecule has 1 aromatic rings. The van der Waals surface area contributed by atoms with Crippen LogP contribution in [-0.2, 0) is 9.59 Å². The zero-order chi connectivity index (χ0) is 20.6. The van der Waals surface area contributed by atoms with Gasteiger partial charge in [0.15, 0.2) is 11.6 Å². The van der Waals surface area contributed by atoms with Crippen LogP contribution >= 0.6 is 11.6 Å². The van der Waals surface area contributed by atoms with Crippen molar-refractivity contribution in [2.45, 2.75) is 60.4 Å². The predicted octanol–water partition coefficient (Wildman–Crippen LogP) is 5.73. The average molecular weight is 388 g/mol. The fourth-order valence-electron chi connectivity index (χ4n) is 2.74. The molecule has 0 spiro atoms. The summed E-state index contributed by atoms with van der Waals surface area (Å²) in [5.41, 5.74) is 3.88. The molecule has 0 aliphatic heterocycles. The number of rotatable bonds is 9. The van der Waals surface area contributed by atoms with E-state index in [1.165, 1.54) is 0 Å². The monoisotopic (exact) mass is 387 g/mol. The van der Waals surface area contributed by atoms with Crippen molar-refractivity contribution in [2.24, 2.45) is 0 Å². The van der Waals surface area contributed by atoms with Crippen LogP contribution < -0.4 is 5.32 Å². The summed E-state index contributed by atoms with van der Waals surface area (Å²) < 4.78 is 0. The number of ketones is 2. The van der Waals surface area contributed by atoms with E-state index in [1.54, 1.807) is 20.8 Å². The molecule has 0 aliphatic carbocycles. The number of aryl methyl sites for hydroxylation is 1. The Hall–Kier alpha value is -2.13. The number of hydrogen-bond acceptors (Lipinski definition) is 3. The standard InChI is InChI=1S/C23H30ClNO2/c1-7-18(14-20(24)19-13-11-10-12-15(19)4)25-21(8-2)23(27)17(6)16(5)22(26)9-3/h7,10-14,21,25H,8-9H2,1-6H3/b17-16-,18-7+,20-14+. The first-order chi connectivity index (χ1) is 12.8. The molecule has 0 heterocycles. The smallest absolute Gasteiger partial charge is 0.181 e. The zero-order valence-electron chi connectivity index (χ0n) is 17.2. The molecule has 1 atom stereocenters. The first kappa shape index (κ1) is 22.9. The largest absolute Gasteiger partial charge is 0.375 e. The van der Waals surface area contributed by atoms with Gasteiger partial charge in [0.1, 0.15) is 0 Å². The Morgan fingerprint density at radius 3 is 2.30 bits per heavy atom. The van der Waals surface area contributed by atoms with Crippen LogP contribution in [0.25, 0.3) is 5.03 Å². The third-order valence-corrected chi connectivity index (χ3v) is 5.05. The van der Waals surface area contributed by atoms with Gasteiger partial charge < -0.3 is 5.32 Å². The fourth-order valence-corrected chi connectivity index (χ4v) is 3.07. The molecular weight excluding hydrogens is 358 g/mol. The summed E-state index contributed by atoms with van der Waals surface area (Å²) in [6.07, 6.45) is 4.73. The number of allylic oxidation sites excluding steroid dienone is 3. The van der Waals surface area contributed by atoms with Crippen LogP contribution in [0.4, 0.5) is 0 Å². The van der Waals surface area contributed by atoms with Gasteiger partial charge in [0.2, 0.25) is 0 Å². The maximum absolute atomic E-state index is 12.8. The number of benzene rings is 1. The van der Waals surface area contributed by atoms with Crippen molar-refractivity contribution in [3.63, 3.8) is 0 Å². The predicted molar refractivity (Wildman–Crippen MR) is 115 cm³/mol. The second-order valence-electron chi connectivity index (χ2n) is 6.55. The first-order valence-electron chi connectivity index (χ1n) is 9.37. The normalized spacial score (nSPS) is 14.5. The SMILES string of the molecule is C/C=C(\C=C(\Cl)c1ccccc1C)NC(CC)C(=O)/C(C)=C(/C)C(=O)CC. The number of carbonyl (C=O) groups excluding carboxylic acids is 2. The van der Waals surface area contributed by atoms with E-state index in [-0.39, 0.29) is 11.6 Å².